The third-order valence-electron chi connectivity index (χ3n) is 8.70. The molecule has 0 aliphatic carbocycles. The summed E-state index contributed by atoms with van der Waals surface area (Å²) in [5.41, 5.74) is 22.6. The molecule has 0 atom stereocenters. The Morgan fingerprint density at radius 2 is 1.27 bits per heavy atom. The molecule has 7 rings (SSSR count). The number of nitrogens with two attached hydrogens (primary N) is 1. The summed E-state index contributed by atoms with van der Waals surface area (Å²) in [6.07, 6.45) is 4.63. The summed E-state index contributed by atoms with van der Waals surface area (Å²) in [6.45, 7) is 10.3. The molecule has 0 radical (unpaired) electrons. The van der Waals surface area contributed by atoms with E-state index < -0.39 is 0 Å². The molecule has 0 unspecified atom stereocenters. The molecule has 0 aromatic heterocycles. The summed E-state index contributed by atoms with van der Waals surface area (Å²) < 4.78 is 0. The van der Waals surface area contributed by atoms with Crippen molar-refractivity contribution in [1.29, 1.82) is 5.53 Å². The highest BCUT2D eigenvalue weighted by molar-refractivity contribution is 5.95. The van der Waals surface area contributed by atoms with Crippen LogP contribution >= 0.6 is 0 Å². The van der Waals surface area contributed by atoms with E-state index in [0.29, 0.717) is 5.70 Å². The fraction of sp³-hybridized carbons (Fsp3) is 0.130. The Morgan fingerprint density at radius 1 is 0.653 bits per heavy atom. The monoisotopic (exact) mass is 639 g/mol. The van der Waals surface area contributed by atoms with E-state index in [1.807, 2.05) is 56.3 Å². The van der Waals surface area contributed by atoms with Crippen LogP contribution in [-0.2, 0) is 12.8 Å². The normalized spacial score (nSPS) is 11.0. The van der Waals surface area contributed by atoms with Gasteiger partial charge in [0.25, 0.3) is 0 Å². The van der Waals surface area contributed by atoms with E-state index >= 15 is 0 Å². The molecule has 3 heteroatoms. The lowest BCUT2D eigenvalue weighted by Crippen LogP contribution is -1.97. The SMILES string of the molecule is C=C(CCc1ccc2cc(C)ccc2c1N)c1ccccc1.CC.N=N/C(=C\Cc1ccc2ccccc2c1)c1ccc2ccccc2c1. The summed E-state index contributed by atoms with van der Waals surface area (Å²) in [7, 11) is 0. The molecule has 0 bridgehead atoms. The van der Waals surface area contributed by atoms with E-state index in [4.69, 9.17) is 11.3 Å². The third-order valence-corrected chi connectivity index (χ3v) is 8.70. The van der Waals surface area contributed by atoms with Crippen LogP contribution in [0.3, 0.4) is 0 Å². The molecule has 0 heterocycles. The van der Waals surface area contributed by atoms with E-state index in [1.54, 1.807) is 0 Å². The Labute approximate surface area is 291 Å². The molecule has 0 spiro atoms. The number of allylic oxidation sites excluding steroid dienone is 2. The smallest absolute Gasteiger partial charge is 0.0886 e. The second-order valence-corrected chi connectivity index (χ2v) is 12.0. The van der Waals surface area contributed by atoms with Crippen molar-refractivity contribution < 1.29 is 0 Å². The Balaban J connectivity index is 0.000000183. The highest BCUT2D eigenvalue weighted by atomic mass is 15.0. The quantitative estimate of drug-likeness (QED) is 0.126. The first-order chi connectivity index (χ1) is 24.0. The number of aryl methyl sites for hydroxylation is 2. The zero-order valence-electron chi connectivity index (χ0n) is 28.8. The molecular formula is C46H45N3. The predicted octanol–water partition coefficient (Wildman–Crippen LogP) is 13.0. The maximum Gasteiger partial charge on any atom is 0.0886 e. The number of benzene rings is 7. The average molecular weight is 640 g/mol. The fourth-order valence-electron chi connectivity index (χ4n) is 6.00. The van der Waals surface area contributed by atoms with Crippen molar-refractivity contribution >= 4 is 49.3 Å². The van der Waals surface area contributed by atoms with Crippen LogP contribution in [0.15, 0.2) is 163 Å². The molecular weight excluding hydrogens is 595 g/mol. The van der Waals surface area contributed by atoms with Gasteiger partial charge in [0.2, 0.25) is 0 Å². The minimum Gasteiger partial charge on any atom is -0.398 e. The van der Waals surface area contributed by atoms with Gasteiger partial charge in [-0.2, -0.15) is 5.11 Å². The number of nitrogens with one attached hydrogen (secondary N) is 1. The molecule has 0 saturated carbocycles. The van der Waals surface area contributed by atoms with Gasteiger partial charge in [-0.3, -0.25) is 0 Å². The third kappa shape index (κ3) is 8.77. The lowest BCUT2D eigenvalue weighted by atomic mass is 9.96. The molecule has 3 N–H and O–H groups in total. The molecule has 0 aliphatic heterocycles. The highest BCUT2D eigenvalue weighted by Crippen LogP contribution is 2.29. The van der Waals surface area contributed by atoms with Gasteiger partial charge >= 0.3 is 0 Å². The van der Waals surface area contributed by atoms with Gasteiger partial charge < -0.3 is 5.73 Å². The molecule has 244 valence electrons. The maximum absolute atomic E-state index is 7.56. The molecule has 0 aliphatic rings. The van der Waals surface area contributed by atoms with Gasteiger partial charge in [-0.1, -0.05) is 172 Å². The van der Waals surface area contributed by atoms with Crippen LogP contribution in [0.1, 0.15) is 48.1 Å². The lowest BCUT2D eigenvalue weighted by molar-refractivity contribution is 1.02. The molecule has 0 amide bonds. The average Bonchev–Trinajstić information content (AvgIpc) is 3.16. The highest BCUT2D eigenvalue weighted by Gasteiger charge is 2.07. The van der Waals surface area contributed by atoms with Crippen molar-refractivity contribution in [1.82, 2.24) is 0 Å². The van der Waals surface area contributed by atoms with Crippen molar-refractivity contribution in [2.75, 3.05) is 5.73 Å². The minimum atomic E-state index is 0.707. The zero-order chi connectivity index (χ0) is 34.6. The number of anilines is 1. The maximum atomic E-state index is 7.56. The van der Waals surface area contributed by atoms with Crippen LogP contribution < -0.4 is 5.73 Å². The number of hydrogen-bond acceptors (Lipinski definition) is 3. The van der Waals surface area contributed by atoms with Crippen LogP contribution in [0.25, 0.3) is 43.6 Å². The van der Waals surface area contributed by atoms with Crippen molar-refractivity contribution in [3.8, 4) is 0 Å². The van der Waals surface area contributed by atoms with Gasteiger partial charge in [-0.15, -0.1) is 0 Å². The van der Waals surface area contributed by atoms with E-state index in [1.165, 1.54) is 49.2 Å². The van der Waals surface area contributed by atoms with Crippen molar-refractivity contribution in [3.63, 3.8) is 0 Å². The summed E-state index contributed by atoms with van der Waals surface area (Å²) in [5.74, 6) is 0. The van der Waals surface area contributed by atoms with E-state index in [2.05, 4.69) is 128 Å². The number of rotatable bonds is 8. The largest absolute Gasteiger partial charge is 0.398 e. The Bertz CT molecular complexity index is 2230. The van der Waals surface area contributed by atoms with Gasteiger partial charge in [0, 0.05) is 16.6 Å². The lowest BCUT2D eigenvalue weighted by Gasteiger charge is -2.11. The Morgan fingerprint density at radius 3 is 1.96 bits per heavy atom. The molecule has 7 aromatic carbocycles. The van der Waals surface area contributed by atoms with Crippen LogP contribution in [0.2, 0.25) is 0 Å². The second-order valence-electron chi connectivity index (χ2n) is 12.0. The molecule has 0 saturated heterocycles. The fourth-order valence-corrected chi connectivity index (χ4v) is 6.00. The van der Waals surface area contributed by atoms with Crippen LogP contribution in [0.5, 0.6) is 0 Å². The van der Waals surface area contributed by atoms with Crippen LogP contribution in [0, 0.1) is 12.5 Å². The number of fused-ring (bicyclic) bond motifs is 3. The van der Waals surface area contributed by atoms with Gasteiger partial charge in [-0.25, -0.2) is 5.53 Å². The minimum absolute atomic E-state index is 0.707. The van der Waals surface area contributed by atoms with Gasteiger partial charge in [0.05, 0.1) is 5.70 Å². The summed E-state index contributed by atoms with van der Waals surface area (Å²) >= 11 is 0. The van der Waals surface area contributed by atoms with Crippen molar-refractivity contribution in [2.24, 2.45) is 5.11 Å². The standard InChI is InChI=1S/C23H18N2.C21H21N.C2H6/c24-25-23(22-13-12-19-6-2-4-8-21(19)16-22)14-10-17-9-11-18-5-1-3-7-20(18)15-17;1-15-8-13-20-19(14-15)12-11-18(21(20)22)10-9-16(2)17-6-4-3-5-7-17;1-2/h1-9,11-16,24H,10H2;3-8,11-14H,2,9-10,22H2,1H3;1-2H3/b23-14-,25-24?;;. The number of hydrogen-bond donors (Lipinski definition) is 2. The van der Waals surface area contributed by atoms with E-state index in [9.17, 15) is 0 Å². The first kappa shape index (κ1) is 34.5. The van der Waals surface area contributed by atoms with Crippen LogP contribution in [0.4, 0.5) is 5.69 Å². The summed E-state index contributed by atoms with van der Waals surface area (Å²) in [4.78, 5) is 0. The van der Waals surface area contributed by atoms with Gasteiger partial charge in [0.15, 0.2) is 0 Å². The number of nitrogen functional groups attached to an aromatic ring is 1. The van der Waals surface area contributed by atoms with Crippen molar-refractivity contribution in [3.05, 3.63) is 186 Å². The zero-order valence-corrected chi connectivity index (χ0v) is 28.8. The first-order valence-corrected chi connectivity index (χ1v) is 17.0. The first-order valence-electron chi connectivity index (χ1n) is 17.0. The van der Waals surface area contributed by atoms with Crippen molar-refractivity contribution in [2.45, 2.75) is 40.0 Å². The van der Waals surface area contributed by atoms with E-state index in [0.717, 1.165) is 41.5 Å². The Kier molecular flexibility index (Phi) is 11.9. The predicted molar refractivity (Wildman–Crippen MR) is 213 cm³/mol. The van der Waals surface area contributed by atoms with Crippen LogP contribution in [-0.4, -0.2) is 0 Å². The van der Waals surface area contributed by atoms with E-state index in [-0.39, 0.29) is 0 Å². The molecule has 49 heavy (non-hydrogen) atoms. The summed E-state index contributed by atoms with van der Waals surface area (Å²) in [5, 5.41) is 11.0. The topological polar surface area (TPSA) is 62.2 Å². The summed E-state index contributed by atoms with van der Waals surface area (Å²) in [6, 6.07) is 50.4. The molecule has 3 nitrogen and oxygen atoms in total. The Hall–Kier alpha value is -5.80. The van der Waals surface area contributed by atoms with Gasteiger partial charge in [-0.05, 0) is 81.4 Å². The second kappa shape index (κ2) is 16.9. The number of nitrogens with zero attached hydrogens (tertiary/aromatic N) is 1. The molecule has 0 fully saturated rings. The molecule has 7 aromatic rings. The van der Waals surface area contributed by atoms with Gasteiger partial charge in [0.1, 0.15) is 0 Å².